The van der Waals surface area contributed by atoms with Gasteiger partial charge in [0.25, 0.3) is 5.91 Å². The van der Waals surface area contributed by atoms with Gasteiger partial charge in [-0.3, -0.25) is 23.9 Å². The number of benzene rings is 4. The maximum absolute atomic E-state index is 13.7. The predicted molar refractivity (Wildman–Crippen MR) is 301 cm³/mol. The first-order valence-corrected chi connectivity index (χ1v) is 27.8. The van der Waals surface area contributed by atoms with Crippen molar-refractivity contribution >= 4 is 45.9 Å². The van der Waals surface area contributed by atoms with Crippen LogP contribution < -0.4 is 20.4 Å². The minimum absolute atomic E-state index is 0.0197. The number of carbonyl (C=O) groups is 3. The van der Waals surface area contributed by atoms with Crippen molar-refractivity contribution in [3.63, 3.8) is 0 Å². The Morgan fingerprint density at radius 3 is 2.36 bits per heavy atom. The van der Waals surface area contributed by atoms with E-state index in [2.05, 4.69) is 84.2 Å². The summed E-state index contributed by atoms with van der Waals surface area (Å²) in [6, 6.07) is 26.6. The lowest BCUT2D eigenvalue weighted by molar-refractivity contribution is -0.132. The van der Waals surface area contributed by atoms with Crippen molar-refractivity contribution in [1.29, 1.82) is 5.26 Å². The molecule has 4 N–H and O–H groups in total. The summed E-state index contributed by atoms with van der Waals surface area (Å²) < 4.78 is 40.6. The van der Waals surface area contributed by atoms with E-state index in [1.165, 1.54) is 27.5 Å². The Kier molecular flexibility index (Phi) is 17.0. The highest BCUT2D eigenvalue weighted by atomic mass is 19.4. The quantitative estimate of drug-likeness (QED) is 0.0701. The van der Waals surface area contributed by atoms with Gasteiger partial charge in [-0.15, -0.1) is 10.2 Å². The zero-order valence-electron chi connectivity index (χ0n) is 45.4. The summed E-state index contributed by atoms with van der Waals surface area (Å²) in [5.74, 6) is -0.330. The van der Waals surface area contributed by atoms with E-state index < -0.39 is 24.5 Å². The molecule has 4 aromatic carbocycles. The monoisotopic (exact) mass is 1110 g/mol. The number of anilines is 3. The lowest BCUT2D eigenvalue weighted by Gasteiger charge is -2.42. The van der Waals surface area contributed by atoms with Crippen molar-refractivity contribution < 1.29 is 37.8 Å². The van der Waals surface area contributed by atoms with E-state index in [-0.39, 0.29) is 53.6 Å². The fraction of sp³-hybridized carbons (Fsp3) is 0.424. The Bertz CT molecular complexity index is 3310. The molecule has 0 spiro atoms. The molecule has 3 amide bonds. The maximum atomic E-state index is 13.7. The molecule has 3 saturated heterocycles. The molecule has 4 aliphatic heterocycles. The van der Waals surface area contributed by atoms with Crippen LogP contribution in [-0.4, -0.2) is 170 Å². The topological polar surface area (TPSA) is 215 Å². The summed E-state index contributed by atoms with van der Waals surface area (Å²) >= 11 is 0. The predicted octanol–water partition coefficient (Wildman–Crippen LogP) is 6.68. The number of rotatable bonds is 17. The van der Waals surface area contributed by atoms with Gasteiger partial charge in [-0.2, -0.15) is 23.4 Å². The second-order valence-corrected chi connectivity index (χ2v) is 21.2. The van der Waals surface area contributed by atoms with Gasteiger partial charge in [-0.05, 0) is 78.5 Å². The molecule has 0 saturated carbocycles. The molecule has 1 atom stereocenters. The molecule has 81 heavy (non-hydrogen) atoms. The highest BCUT2D eigenvalue weighted by Crippen LogP contribution is 2.37. The molecular formula is C59H67F3N14O5. The number of nitrogens with zero attached hydrogens (tertiary/aromatic N) is 12. The molecule has 0 aliphatic carbocycles. The molecule has 0 bridgehead atoms. The third kappa shape index (κ3) is 12.8. The zero-order valence-corrected chi connectivity index (χ0v) is 45.4. The second kappa shape index (κ2) is 24.6. The van der Waals surface area contributed by atoms with Gasteiger partial charge >= 0.3 is 6.18 Å². The number of phenols is 2. The van der Waals surface area contributed by atoms with Crippen LogP contribution in [0.5, 0.6) is 11.5 Å². The van der Waals surface area contributed by atoms with Crippen LogP contribution in [-0.2, 0) is 35.5 Å². The molecule has 10 rings (SSSR count). The fourth-order valence-electron chi connectivity index (χ4n) is 11.7. The largest absolute Gasteiger partial charge is 0.508 e. The number of halogens is 3. The Morgan fingerprint density at radius 1 is 0.864 bits per heavy atom. The summed E-state index contributed by atoms with van der Waals surface area (Å²) in [7, 11) is 0. The average molecular weight is 1110 g/mol. The summed E-state index contributed by atoms with van der Waals surface area (Å²) in [5, 5.41) is 46.5. The Hall–Kier alpha value is -8.29. The third-order valence-corrected chi connectivity index (χ3v) is 16.0. The number of nitriles is 1. The summed E-state index contributed by atoms with van der Waals surface area (Å²) in [6.45, 7) is 13.5. The number of hydrogen-bond acceptors (Lipinski definition) is 15. The van der Waals surface area contributed by atoms with Crippen molar-refractivity contribution in [2.45, 2.75) is 70.8 Å². The van der Waals surface area contributed by atoms with Crippen molar-refractivity contribution in [3.8, 4) is 34.6 Å². The number of aryl methyl sites for hydroxylation is 1. The number of phenolic OH excluding ortho intramolecular Hbond substituents is 2. The molecule has 6 heterocycles. The third-order valence-electron chi connectivity index (χ3n) is 16.0. The Balaban J connectivity index is 0.720. The van der Waals surface area contributed by atoms with Gasteiger partial charge in [0.15, 0.2) is 5.82 Å². The molecule has 3 fully saturated rings. The number of piperidine rings is 1. The SMILES string of the molecule is C=CC(=O)N1CCN(c2nc(NCCC(=O)N3CCC(CN4CCN(Cc5ccc(-n6c(C(=O)NCC(F)(F)F)nnc6-c6cc(CC)c(O)cc6O)cc5)CC4)CC3)nc3c2CCN(c2cccc4ccccc24)C3)C[C@H]1CC#N. The average Bonchev–Trinajstić information content (AvgIpc) is 3.93. The molecule has 0 unspecified atom stereocenters. The van der Waals surface area contributed by atoms with Gasteiger partial charge < -0.3 is 45.3 Å². The maximum Gasteiger partial charge on any atom is 0.405 e. The number of aromatic hydroxyl groups is 2. The fourth-order valence-corrected chi connectivity index (χ4v) is 11.7. The van der Waals surface area contributed by atoms with E-state index in [1.807, 2.05) is 35.3 Å². The van der Waals surface area contributed by atoms with Crippen LogP contribution in [0.1, 0.15) is 65.6 Å². The number of aromatic nitrogens is 5. The standard InChI is InChI=1S/C59H67F3N14O5/c1-3-41-32-47(51(78)33-50(41)77)55-68-69-56(57(81)65-38-59(60,61)62)76(55)43-14-12-39(13-15-43)34-70-26-28-71(29-27-70)35-40-18-23-72(24-19-40)53(80)17-22-64-58-66-48-37-73(49-11-7-9-42-8-5-6-10-45(42)49)25-20-46(48)54(67-58)74-30-31-75(52(79)4-2)44(36-74)16-21-63/h4-15,32-33,40,44,77-78H,2-3,16-20,22-31,34-38H2,1H3,(H,65,81)(H,64,66,67)/t44-/m1/s1. The summed E-state index contributed by atoms with van der Waals surface area (Å²) in [5.41, 5.74) is 5.13. The van der Waals surface area contributed by atoms with E-state index in [1.54, 1.807) is 17.0 Å². The van der Waals surface area contributed by atoms with Crippen LogP contribution in [0.2, 0.25) is 0 Å². The zero-order chi connectivity index (χ0) is 56.8. The lowest BCUT2D eigenvalue weighted by Crippen LogP contribution is -2.55. The van der Waals surface area contributed by atoms with E-state index in [4.69, 9.17) is 9.97 Å². The number of likely N-dealkylation sites (tertiary alicyclic amines) is 1. The van der Waals surface area contributed by atoms with Gasteiger partial charge in [0.1, 0.15) is 23.9 Å². The summed E-state index contributed by atoms with van der Waals surface area (Å²) in [6.07, 6.45) is 0.0970. The number of fused-ring (bicyclic) bond motifs is 2. The molecule has 4 aliphatic rings. The first-order chi connectivity index (χ1) is 39.2. The number of carbonyl (C=O) groups excluding carboxylic acids is 3. The minimum Gasteiger partial charge on any atom is -0.508 e. The Morgan fingerprint density at radius 2 is 1.62 bits per heavy atom. The molecule has 424 valence electrons. The lowest BCUT2D eigenvalue weighted by atomic mass is 9.95. The highest BCUT2D eigenvalue weighted by molar-refractivity contribution is 5.95. The number of piperazine rings is 2. The van der Waals surface area contributed by atoms with E-state index in [9.17, 15) is 43.0 Å². The van der Waals surface area contributed by atoms with Crippen LogP contribution in [0.15, 0.2) is 91.5 Å². The van der Waals surface area contributed by atoms with Crippen molar-refractivity contribution in [3.05, 3.63) is 120 Å². The first kappa shape index (κ1) is 56.0. The van der Waals surface area contributed by atoms with Crippen LogP contribution in [0, 0.1) is 17.2 Å². The van der Waals surface area contributed by atoms with Crippen molar-refractivity contribution in [2.75, 3.05) is 100 Å². The molecular weight excluding hydrogens is 1040 g/mol. The van der Waals surface area contributed by atoms with Crippen LogP contribution in [0.4, 0.5) is 30.6 Å². The Labute approximate surface area is 468 Å². The van der Waals surface area contributed by atoms with E-state index in [0.29, 0.717) is 88.3 Å². The van der Waals surface area contributed by atoms with Crippen molar-refractivity contribution in [1.82, 2.24) is 49.6 Å². The second-order valence-electron chi connectivity index (χ2n) is 21.2. The number of alkyl halides is 3. The minimum atomic E-state index is -4.65. The van der Waals surface area contributed by atoms with Gasteiger partial charge in [0.2, 0.25) is 23.6 Å². The first-order valence-electron chi connectivity index (χ1n) is 27.8. The molecule has 19 nitrogen and oxygen atoms in total. The van der Waals surface area contributed by atoms with Crippen molar-refractivity contribution in [2.24, 2.45) is 5.92 Å². The molecule has 0 radical (unpaired) electrons. The summed E-state index contributed by atoms with van der Waals surface area (Å²) in [4.78, 5) is 62.8. The molecule has 6 aromatic rings. The van der Waals surface area contributed by atoms with Crippen LogP contribution in [0.3, 0.4) is 0 Å². The number of amides is 3. The molecule has 22 heteroatoms. The van der Waals surface area contributed by atoms with Crippen LogP contribution >= 0.6 is 0 Å². The molecule has 2 aromatic heterocycles. The van der Waals surface area contributed by atoms with E-state index in [0.717, 1.165) is 86.5 Å². The van der Waals surface area contributed by atoms with E-state index >= 15 is 0 Å². The van der Waals surface area contributed by atoms with Crippen LogP contribution in [0.25, 0.3) is 27.8 Å². The van der Waals surface area contributed by atoms with Gasteiger partial charge in [-0.1, -0.05) is 62.0 Å². The smallest absolute Gasteiger partial charge is 0.405 e. The van der Waals surface area contributed by atoms with Gasteiger partial charge in [-0.25, -0.2) is 4.98 Å². The normalized spacial score (nSPS) is 17.4. The number of hydrogen-bond donors (Lipinski definition) is 4. The highest BCUT2D eigenvalue weighted by Gasteiger charge is 2.35. The van der Waals surface area contributed by atoms with Gasteiger partial charge in [0, 0.05) is 120 Å². The van der Waals surface area contributed by atoms with Gasteiger partial charge in [0.05, 0.1) is 36.3 Å². The number of nitrogens with one attached hydrogen (secondary N) is 2.